The zero-order chi connectivity index (χ0) is 24.3. The normalized spacial score (nSPS) is 27.0. The Bertz CT molecular complexity index is 842. The van der Waals surface area contributed by atoms with Gasteiger partial charge in [-0.2, -0.15) is 0 Å². The maximum atomic E-state index is 14.5. The summed E-state index contributed by atoms with van der Waals surface area (Å²) in [5.74, 6) is 1.14. The van der Waals surface area contributed by atoms with Crippen molar-refractivity contribution in [1.29, 1.82) is 0 Å². The molecule has 1 unspecified atom stereocenters. The van der Waals surface area contributed by atoms with Gasteiger partial charge in [0.1, 0.15) is 0 Å². The van der Waals surface area contributed by atoms with Crippen molar-refractivity contribution in [2.24, 2.45) is 22.1 Å². The lowest BCUT2D eigenvalue weighted by atomic mass is 9.95. The van der Waals surface area contributed by atoms with E-state index in [1.807, 2.05) is 31.2 Å². The zero-order valence-electron chi connectivity index (χ0n) is 21.6. The van der Waals surface area contributed by atoms with E-state index < -0.39 is 24.2 Å². The van der Waals surface area contributed by atoms with Crippen LogP contribution in [0.1, 0.15) is 46.6 Å². The predicted molar refractivity (Wildman–Crippen MR) is 138 cm³/mol. The Morgan fingerprint density at radius 2 is 1.72 bits per heavy atom. The van der Waals surface area contributed by atoms with Gasteiger partial charge in [0.2, 0.25) is 0 Å². The number of aliphatic hydroxyl groups is 1. The summed E-state index contributed by atoms with van der Waals surface area (Å²) in [6.07, 6.45) is 0.476. The number of benzene rings is 1. The second-order valence-electron chi connectivity index (χ2n) is 11.3. The molecule has 2 N–H and O–H groups in total. The Balaban J connectivity index is 2.42. The van der Waals surface area contributed by atoms with Crippen LogP contribution in [0.15, 0.2) is 33.5 Å². The highest BCUT2D eigenvalue weighted by molar-refractivity contribution is 7.93. The molecule has 0 radical (unpaired) electrons. The third-order valence-electron chi connectivity index (χ3n) is 6.30. The molecule has 1 saturated heterocycles. The van der Waals surface area contributed by atoms with Gasteiger partial charge in [-0.1, -0.05) is 52.3 Å². The van der Waals surface area contributed by atoms with Crippen molar-refractivity contribution < 1.29 is 13.7 Å². The molecule has 1 aromatic rings. The average molecular weight is 483 g/mol. The van der Waals surface area contributed by atoms with Crippen LogP contribution in [0.4, 0.5) is 0 Å². The minimum atomic E-state index is -2.70. The number of rotatable bonds is 10. The van der Waals surface area contributed by atoms with E-state index in [0.717, 1.165) is 16.9 Å². The van der Waals surface area contributed by atoms with Crippen LogP contribution in [-0.2, 0) is 14.2 Å². The molecule has 32 heavy (non-hydrogen) atoms. The fourth-order valence-electron chi connectivity index (χ4n) is 4.14. The Morgan fingerprint density at radius 3 is 2.22 bits per heavy atom. The third kappa shape index (κ3) is 7.66. The van der Waals surface area contributed by atoms with E-state index in [9.17, 15) is 9.32 Å². The quantitative estimate of drug-likeness (QED) is 0.456. The second kappa shape index (κ2) is 11.1. The molecule has 2 rings (SSSR count). The molecule has 1 aliphatic heterocycles. The van der Waals surface area contributed by atoms with Gasteiger partial charge in [0.05, 0.1) is 34.2 Å². The summed E-state index contributed by atoms with van der Waals surface area (Å²) >= 11 is 0. The summed E-state index contributed by atoms with van der Waals surface area (Å²) in [7, 11) is -4.41. The number of aliphatic hydroxyl groups excluding tert-OH is 1. The molecule has 6 atom stereocenters. The van der Waals surface area contributed by atoms with Crippen LogP contribution in [0.3, 0.4) is 0 Å². The average Bonchev–Trinajstić information content (AvgIpc) is 2.91. The standard InChI is InChI=1S/C25H46N2O3SSi/c1-17(2)14-22-25(28)20(6)24(26-22)16-31(29,21-12-10-19(5)11-13-21)27-23(18(3)4)15-30-32(7,8)9/h10-13,17-18,20,22-26,28H,14-16H2,1-9H3/t20-,22-,23-,24-,25-,31?/m0/s1. The molecule has 0 aromatic heterocycles. The molecule has 0 spiro atoms. The molecule has 0 saturated carbocycles. The Morgan fingerprint density at radius 1 is 1.12 bits per heavy atom. The van der Waals surface area contributed by atoms with Crippen molar-refractivity contribution >= 4 is 18.0 Å². The van der Waals surface area contributed by atoms with E-state index >= 15 is 0 Å². The Hall–Kier alpha value is -0.733. The Kier molecular flexibility index (Phi) is 9.57. The third-order valence-corrected chi connectivity index (χ3v) is 9.76. The molecule has 1 aromatic carbocycles. The lowest BCUT2D eigenvalue weighted by Gasteiger charge is -2.26. The first-order valence-corrected chi connectivity index (χ1v) is 17.2. The fraction of sp³-hybridized carbons (Fsp3) is 0.760. The van der Waals surface area contributed by atoms with Gasteiger partial charge >= 0.3 is 0 Å². The lowest BCUT2D eigenvalue weighted by Crippen LogP contribution is -2.38. The molecule has 1 heterocycles. The van der Waals surface area contributed by atoms with Crippen LogP contribution in [0, 0.1) is 24.7 Å². The van der Waals surface area contributed by atoms with Crippen molar-refractivity contribution in [3.63, 3.8) is 0 Å². The van der Waals surface area contributed by atoms with Crippen LogP contribution >= 0.6 is 0 Å². The van der Waals surface area contributed by atoms with E-state index in [-0.39, 0.29) is 30.0 Å². The first kappa shape index (κ1) is 27.5. The van der Waals surface area contributed by atoms with Crippen LogP contribution in [0.5, 0.6) is 0 Å². The summed E-state index contributed by atoms with van der Waals surface area (Å²) in [5, 5.41) is 14.4. The van der Waals surface area contributed by atoms with E-state index in [4.69, 9.17) is 8.79 Å². The van der Waals surface area contributed by atoms with E-state index in [2.05, 4.69) is 59.6 Å². The van der Waals surface area contributed by atoms with Gasteiger partial charge in [0.15, 0.2) is 8.32 Å². The van der Waals surface area contributed by atoms with Gasteiger partial charge in [0.25, 0.3) is 0 Å². The van der Waals surface area contributed by atoms with Gasteiger partial charge in [-0.25, -0.2) is 8.57 Å². The topological polar surface area (TPSA) is 70.9 Å². The van der Waals surface area contributed by atoms with Gasteiger partial charge < -0.3 is 14.8 Å². The smallest absolute Gasteiger partial charge is 0.183 e. The molecule has 0 bridgehead atoms. The van der Waals surface area contributed by atoms with Crippen LogP contribution < -0.4 is 5.32 Å². The molecule has 1 aliphatic rings. The summed E-state index contributed by atoms with van der Waals surface area (Å²) in [6.45, 7) is 19.7. The van der Waals surface area contributed by atoms with E-state index in [0.29, 0.717) is 18.3 Å². The van der Waals surface area contributed by atoms with Crippen LogP contribution in [0.25, 0.3) is 0 Å². The highest BCUT2D eigenvalue weighted by Gasteiger charge is 2.41. The maximum Gasteiger partial charge on any atom is 0.183 e. The largest absolute Gasteiger partial charge is 0.415 e. The molecule has 184 valence electrons. The Labute approximate surface area is 198 Å². The second-order valence-corrected chi connectivity index (χ2v) is 18.1. The highest BCUT2D eigenvalue weighted by atomic mass is 32.2. The van der Waals surface area contributed by atoms with Crippen molar-refractivity contribution in [2.75, 3.05) is 12.4 Å². The van der Waals surface area contributed by atoms with Crippen molar-refractivity contribution in [1.82, 2.24) is 5.32 Å². The minimum Gasteiger partial charge on any atom is -0.415 e. The highest BCUT2D eigenvalue weighted by Crippen LogP contribution is 2.29. The fourth-order valence-corrected chi connectivity index (χ4v) is 7.40. The van der Waals surface area contributed by atoms with Crippen molar-refractivity contribution in [3.8, 4) is 0 Å². The molecule has 0 aliphatic carbocycles. The van der Waals surface area contributed by atoms with E-state index in [1.54, 1.807) is 0 Å². The monoisotopic (exact) mass is 482 g/mol. The minimum absolute atomic E-state index is 0.0240. The summed E-state index contributed by atoms with van der Waals surface area (Å²) < 4.78 is 25.8. The number of nitrogens with one attached hydrogen (secondary N) is 1. The van der Waals surface area contributed by atoms with Gasteiger partial charge in [-0.15, -0.1) is 0 Å². The first-order chi connectivity index (χ1) is 14.7. The number of aryl methyl sites for hydroxylation is 1. The van der Waals surface area contributed by atoms with Gasteiger partial charge in [0, 0.05) is 17.0 Å². The molecule has 0 amide bonds. The number of hydrogen-bond donors (Lipinski definition) is 2. The molecular weight excluding hydrogens is 436 g/mol. The summed E-state index contributed by atoms with van der Waals surface area (Å²) in [6, 6.07) is 7.79. The maximum absolute atomic E-state index is 14.5. The van der Waals surface area contributed by atoms with Gasteiger partial charge in [-0.05, 0) is 62.9 Å². The first-order valence-electron chi connectivity index (χ1n) is 12.1. The summed E-state index contributed by atoms with van der Waals surface area (Å²) in [4.78, 5) is 0.776. The van der Waals surface area contributed by atoms with Crippen molar-refractivity contribution in [3.05, 3.63) is 29.8 Å². The number of hydrogen-bond acceptors (Lipinski definition) is 5. The predicted octanol–water partition coefficient (Wildman–Crippen LogP) is 5.08. The lowest BCUT2D eigenvalue weighted by molar-refractivity contribution is 0.113. The molecular formula is C25H46N2O3SSi. The van der Waals surface area contributed by atoms with Gasteiger partial charge in [-0.3, -0.25) is 0 Å². The van der Waals surface area contributed by atoms with E-state index in [1.165, 1.54) is 0 Å². The van der Waals surface area contributed by atoms with Crippen molar-refractivity contribution in [2.45, 2.75) is 96.7 Å². The number of nitrogens with zero attached hydrogens (tertiary/aromatic N) is 1. The SMILES string of the molecule is Cc1ccc(S(=O)(C[C@@H]2N[C@@H](CC(C)C)[C@@H](O)[C@H]2C)=N[C@@H](CO[Si](C)(C)C)C(C)C)cc1. The molecule has 7 heteroatoms. The van der Waals surface area contributed by atoms with Crippen LogP contribution in [0.2, 0.25) is 19.6 Å². The summed E-state index contributed by atoms with van der Waals surface area (Å²) in [5.41, 5.74) is 1.14. The zero-order valence-corrected chi connectivity index (χ0v) is 23.4. The molecule has 1 fully saturated rings. The molecule has 5 nitrogen and oxygen atoms in total. The van der Waals surface area contributed by atoms with Crippen LogP contribution in [-0.4, -0.2) is 54.2 Å².